The van der Waals surface area contributed by atoms with Gasteiger partial charge in [-0.2, -0.15) is 11.3 Å². The van der Waals surface area contributed by atoms with Crippen LogP contribution in [0.4, 0.5) is 0 Å². The fourth-order valence-corrected chi connectivity index (χ4v) is 2.06. The monoisotopic (exact) mass is 255 g/mol. The van der Waals surface area contributed by atoms with Gasteiger partial charge < -0.3 is 9.64 Å². The van der Waals surface area contributed by atoms with Crippen LogP contribution in [0.25, 0.3) is 0 Å². The molecule has 0 bridgehead atoms. The van der Waals surface area contributed by atoms with Crippen LogP contribution in [0.5, 0.6) is 0 Å². The molecule has 1 aromatic rings. The van der Waals surface area contributed by atoms with Crippen molar-refractivity contribution in [2.45, 2.75) is 19.3 Å². The topological polar surface area (TPSA) is 46.6 Å². The Balaban J connectivity index is 2.25. The van der Waals surface area contributed by atoms with Gasteiger partial charge in [-0.05, 0) is 28.8 Å². The number of nitrogens with zero attached hydrogens (tertiary/aromatic N) is 1. The van der Waals surface area contributed by atoms with Crippen LogP contribution in [0.2, 0.25) is 0 Å². The first kappa shape index (κ1) is 13.7. The van der Waals surface area contributed by atoms with Crippen molar-refractivity contribution in [3.05, 3.63) is 22.4 Å². The molecule has 0 aliphatic heterocycles. The van der Waals surface area contributed by atoms with Crippen LogP contribution in [0, 0.1) is 0 Å². The highest BCUT2D eigenvalue weighted by molar-refractivity contribution is 7.07. The van der Waals surface area contributed by atoms with Crippen molar-refractivity contribution >= 4 is 23.2 Å². The SMILES string of the molecule is COC(=O)CCCN(C)C(=O)Cc1ccsc1. The maximum absolute atomic E-state index is 11.8. The molecule has 17 heavy (non-hydrogen) atoms. The number of carbonyl (C=O) groups excluding carboxylic acids is 2. The molecule has 1 amide bonds. The van der Waals surface area contributed by atoms with Gasteiger partial charge in [-0.15, -0.1) is 0 Å². The van der Waals surface area contributed by atoms with Crippen molar-refractivity contribution in [2.75, 3.05) is 20.7 Å². The summed E-state index contributed by atoms with van der Waals surface area (Å²) in [5, 5.41) is 3.93. The summed E-state index contributed by atoms with van der Waals surface area (Å²) >= 11 is 1.59. The highest BCUT2D eigenvalue weighted by atomic mass is 32.1. The summed E-state index contributed by atoms with van der Waals surface area (Å²) in [7, 11) is 3.12. The smallest absolute Gasteiger partial charge is 0.305 e. The van der Waals surface area contributed by atoms with Crippen LogP contribution >= 0.6 is 11.3 Å². The Hall–Kier alpha value is -1.36. The van der Waals surface area contributed by atoms with E-state index in [4.69, 9.17) is 0 Å². The molecule has 0 aliphatic carbocycles. The summed E-state index contributed by atoms with van der Waals surface area (Å²) in [5.41, 5.74) is 1.04. The number of carbonyl (C=O) groups is 2. The molecule has 0 fully saturated rings. The predicted octanol–water partition coefficient (Wildman–Crippen LogP) is 1.70. The lowest BCUT2D eigenvalue weighted by molar-refractivity contribution is -0.141. The second kappa shape index (κ2) is 7.06. The third kappa shape index (κ3) is 4.99. The van der Waals surface area contributed by atoms with Crippen molar-refractivity contribution < 1.29 is 14.3 Å². The zero-order valence-corrected chi connectivity index (χ0v) is 11.0. The van der Waals surface area contributed by atoms with E-state index in [-0.39, 0.29) is 11.9 Å². The first-order chi connectivity index (χ1) is 8.13. The van der Waals surface area contributed by atoms with Gasteiger partial charge in [-0.25, -0.2) is 0 Å². The zero-order valence-electron chi connectivity index (χ0n) is 10.1. The van der Waals surface area contributed by atoms with E-state index in [9.17, 15) is 9.59 Å². The quantitative estimate of drug-likeness (QED) is 0.727. The number of ether oxygens (including phenoxy) is 1. The molecule has 0 N–H and O–H groups in total. The van der Waals surface area contributed by atoms with Gasteiger partial charge >= 0.3 is 5.97 Å². The summed E-state index contributed by atoms with van der Waals surface area (Å²) in [6.07, 6.45) is 1.42. The van der Waals surface area contributed by atoms with E-state index in [0.29, 0.717) is 25.8 Å². The minimum atomic E-state index is -0.233. The molecule has 0 aliphatic rings. The van der Waals surface area contributed by atoms with Crippen molar-refractivity contribution in [1.82, 2.24) is 4.90 Å². The van der Waals surface area contributed by atoms with E-state index in [1.807, 2.05) is 16.8 Å². The van der Waals surface area contributed by atoms with Crippen LogP contribution in [-0.4, -0.2) is 37.5 Å². The fourth-order valence-electron chi connectivity index (χ4n) is 1.39. The molecule has 5 heteroatoms. The van der Waals surface area contributed by atoms with Crippen LogP contribution in [0.3, 0.4) is 0 Å². The molecule has 0 spiro atoms. The maximum Gasteiger partial charge on any atom is 0.305 e. The Kier molecular flexibility index (Phi) is 5.69. The molecule has 4 nitrogen and oxygen atoms in total. The minimum absolute atomic E-state index is 0.0771. The summed E-state index contributed by atoms with van der Waals surface area (Å²) in [6.45, 7) is 0.581. The van der Waals surface area contributed by atoms with Crippen LogP contribution < -0.4 is 0 Å². The Morgan fingerprint density at radius 1 is 1.47 bits per heavy atom. The molecule has 1 heterocycles. The molecule has 0 unspecified atom stereocenters. The van der Waals surface area contributed by atoms with E-state index in [0.717, 1.165) is 5.56 Å². The summed E-state index contributed by atoms with van der Waals surface area (Å²) in [5.74, 6) is -0.156. The lowest BCUT2D eigenvalue weighted by atomic mass is 10.2. The molecule has 94 valence electrons. The first-order valence-corrected chi connectivity index (χ1v) is 6.39. The molecular formula is C12H17NO3S. The second-order valence-corrected chi connectivity index (χ2v) is 4.58. The van der Waals surface area contributed by atoms with Gasteiger partial charge in [0.25, 0.3) is 0 Å². The largest absolute Gasteiger partial charge is 0.469 e. The van der Waals surface area contributed by atoms with Gasteiger partial charge in [0.15, 0.2) is 0 Å². The number of thiophene rings is 1. The van der Waals surface area contributed by atoms with Crippen molar-refractivity contribution in [1.29, 1.82) is 0 Å². The molecule has 0 saturated carbocycles. The number of esters is 1. The molecule has 0 aromatic carbocycles. The summed E-state index contributed by atoms with van der Waals surface area (Å²) in [6, 6.07) is 1.95. The third-order valence-electron chi connectivity index (χ3n) is 2.46. The van der Waals surface area contributed by atoms with E-state index in [2.05, 4.69) is 4.74 Å². The van der Waals surface area contributed by atoms with Crippen molar-refractivity contribution in [3.63, 3.8) is 0 Å². The van der Waals surface area contributed by atoms with Crippen LogP contribution in [0.15, 0.2) is 16.8 Å². The van der Waals surface area contributed by atoms with Crippen LogP contribution in [0.1, 0.15) is 18.4 Å². The third-order valence-corrected chi connectivity index (χ3v) is 3.20. The molecule has 1 aromatic heterocycles. The summed E-state index contributed by atoms with van der Waals surface area (Å²) < 4.78 is 4.54. The lowest BCUT2D eigenvalue weighted by Gasteiger charge is -2.16. The number of methoxy groups -OCH3 is 1. The standard InChI is InChI=1S/C12H17NO3S/c1-13(6-3-4-12(15)16-2)11(14)8-10-5-7-17-9-10/h5,7,9H,3-4,6,8H2,1-2H3. The van der Waals surface area contributed by atoms with Gasteiger partial charge in [0.1, 0.15) is 0 Å². The first-order valence-electron chi connectivity index (χ1n) is 5.45. The Labute approximate surface area is 105 Å². The molecule has 0 saturated heterocycles. The van der Waals surface area contributed by atoms with E-state index < -0.39 is 0 Å². The van der Waals surface area contributed by atoms with E-state index in [1.54, 1.807) is 23.3 Å². The van der Waals surface area contributed by atoms with Gasteiger partial charge in [0.05, 0.1) is 13.5 Å². The van der Waals surface area contributed by atoms with Gasteiger partial charge in [-0.1, -0.05) is 0 Å². The van der Waals surface area contributed by atoms with E-state index in [1.165, 1.54) is 7.11 Å². The number of amides is 1. The predicted molar refractivity (Wildman–Crippen MR) is 66.9 cm³/mol. The van der Waals surface area contributed by atoms with E-state index >= 15 is 0 Å². The molecule has 0 radical (unpaired) electrons. The number of likely N-dealkylation sites (N-methyl/N-ethyl adjacent to an activating group) is 1. The zero-order chi connectivity index (χ0) is 12.7. The molecule has 0 atom stereocenters. The number of hydrogen-bond acceptors (Lipinski definition) is 4. The second-order valence-electron chi connectivity index (χ2n) is 3.80. The fraction of sp³-hybridized carbons (Fsp3) is 0.500. The number of hydrogen-bond donors (Lipinski definition) is 0. The number of rotatable bonds is 6. The van der Waals surface area contributed by atoms with Gasteiger partial charge in [0.2, 0.25) is 5.91 Å². The van der Waals surface area contributed by atoms with Crippen LogP contribution in [-0.2, 0) is 20.7 Å². The molecular weight excluding hydrogens is 238 g/mol. The van der Waals surface area contributed by atoms with Crippen molar-refractivity contribution in [2.24, 2.45) is 0 Å². The lowest BCUT2D eigenvalue weighted by Crippen LogP contribution is -2.29. The minimum Gasteiger partial charge on any atom is -0.469 e. The highest BCUT2D eigenvalue weighted by Gasteiger charge is 2.10. The average molecular weight is 255 g/mol. The maximum atomic E-state index is 11.8. The summed E-state index contributed by atoms with van der Waals surface area (Å²) in [4.78, 5) is 24.3. The normalized spacial score (nSPS) is 10.0. The highest BCUT2D eigenvalue weighted by Crippen LogP contribution is 2.08. The van der Waals surface area contributed by atoms with Crippen molar-refractivity contribution in [3.8, 4) is 0 Å². The average Bonchev–Trinajstić information content (AvgIpc) is 2.81. The van der Waals surface area contributed by atoms with Gasteiger partial charge in [0, 0.05) is 20.0 Å². The Bertz CT molecular complexity index is 362. The Morgan fingerprint density at radius 2 is 2.24 bits per heavy atom. The Morgan fingerprint density at radius 3 is 2.82 bits per heavy atom. The van der Waals surface area contributed by atoms with Gasteiger partial charge in [-0.3, -0.25) is 9.59 Å². The molecule has 1 rings (SSSR count).